The molecule has 3 N–H and O–H groups in total. The molecular formula is C21H33FO5. The molecule has 0 bridgehead atoms. The molecule has 3 saturated carbocycles. The summed E-state index contributed by atoms with van der Waals surface area (Å²) in [5, 5.41) is 31.5. The van der Waals surface area contributed by atoms with E-state index in [2.05, 4.69) is 0 Å². The Hall–Kier alpha value is -0.850. The van der Waals surface area contributed by atoms with E-state index < -0.39 is 46.5 Å². The van der Waals surface area contributed by atoms with Gasteiger partial charge in [0.15, 0.2) is 11.5 Å². The third kappa shape index (κ3) is 2.45. The Kier molecular flexibility index (Phi) is 5.10. The quantitative estimate of drug-likeness (QED) is 0.676. The molecular weight excluding hydrogens is 351 g/mol. The lowest BCUT2D eigenvalue weighted by molar-refractivity contribution is -0.232. The van der Waals surface area contributed by atoms with Gasteiger partial charge in [0.25, 0.3) is 0 Å². The minimum Gasteiger partial charge on any atom is -0.390 e. The monoisotopic (exact) mass is 384 g/mol. The highest BCUT2D eigenvalue weighted by atomic mass is 19.1. The number of alkyl halides is 1. The number of aliphatic hydroxyl groups is 3. The number of hydrogen-bond acceptors (Lipinski definition) is 5. The van der Waals surface area contributed by atoms with Crippen molar-refractivity contribution < 1.29 is 29.3 Å². The van der Waals surface area contributed by atoms with E-state index >= 15 is 4.39 Å². The van der Waals surface area contributed by atoms with Gasteiger partial charge in [-0.1, -0.05) is 26.7 Å². The van der Waals surface area contributed by atoms with Gasteiger partial charge in [0.1, 0.15) is 18.0 Å². The van der Waals surface area contributed by atoms with Gasteiger partial charge in [-0.3, -0.25) is 9.59 Å². The summed E-state index contributed by atoms with van der Waals surface area (Å²) in [5.74, 6) is -1.67. The van der Waals surface area contributed by atoms with Gasteiger partial charge in [-0.05, 0) is 44.9 Å². The van der Waals surface area contributed by atoms with Gasteiger partial charge in [0, 0.05) is 17.8 Å². The van der Waals surface area contributed by atoms with E-state index in [1.165, 1.54) is 0 Å². The maximum atomic E-state index is 16.7. The van der Waals surface area contributed by atoms with Crippen molar-refractivity contribution in [2.24, 2.45) is 22.7 Å². The second kappa shape index (κ2) is 6.60. The number of carbonyl (C=O) groups is 2. The van der Waals surface area contributed by atoms with Gasteiger partial charge < -0.3 is 15.3 Å². The molecule has 0 aromatic rings. The highest BCUT2D eigenvalue weighted by Gasteiger charge is 2.74. The van der Waals surface area contributed by atoms with Crippen LogP contribution in [0.25, 0.3) is 0 Å². The van der Waals surface area contributed by atoms with Crippen molar-refractivity contribution in [3.8, 4) is 0 Å². The van der Waals surface area contributed by atoms with Gasteiger partial charge in [-0.25, -0.2) is 4.39 Å². The van der Waals surface area contributed by atoms with Crippen LogP contribution in [0.1, 0.15) is 72.1 Å². The summed E-state index contributed by atoms with van der Waals surface area (Å²) >= 11 is 0. The fraction of sp³-hybridized carbons (Fsp3) is 0.905. The first-order valence-corrected chi connectivity index (χ1v) is 10.3. The largest absolute Gasteiger partial charge is 0.390 e. The zero-order chi connectivity index (χ0) is 20.3. The minimum atomic E-state index is -2.05. The molecule has 0 aromatic heterocycles. The van der Waals surface area contributed by atoms with Crippen molar-refractivity contribution in [1.82, 2.24) is 0 Å². The molecule has 0 spiro atoms. The number of carbonyl (C=O) groups excluding carboxylic acids is 2. The molecule has 0 radical (unpaired) electrons. The van der Waals surface area contributed by atoms with Crippen LogP contribution in [0.15, 0.2) is 0 Å². The minimum absolute atomic E-state index is 0.0814. The summed E-state index contributed by atoms with van der Waals surface area (Å²) in [6.45, 7) is 4.61. The maximum absolute atomic E-state index is 16.7. The Labute approximate surface area is 160 Å². The molecule has 7 atom stereocenters. The highest BCUT2D eigenvalue weighted by molar-refractivity contribution is 5.90. The van der Waals surface area contributed by atoms with Crippen LogP contribution < -0.4 is 0 Å². The normalized spacial score (nSPS) is 49.6. The Morgan fingerprint density at radius 3 is 2.52 bits per heavy atom. The van der Waals surface area contributed by atoms with E-state index in [1.54, 1.807) is 13.8 Å². The van der Waals surface area contributed by atoms with Gasteiger partial charge in [0.2, 0.25) is 0 Å². The van der Waals surface area contributed by atoms with Crippen molar-refractivity contribution in [1.29, 1.82) is 0 Å². The van der Waals surface area contributed by atoms with Gasteiger partial charge in [-0.2, -0.15) is 0 Å². The molecule has 27 heavy (non-hydrogen) atoms. The predicted octanol–water partition coefficient (Wildman–Crippen LogP) is 2.34. The SMILES string of the molecule is CCCC[C@@]1(C)C(=O)CC[C@H]2[C@@H]3CC[C@](O)(C(=O)CO)[C@@]3(C)C[C@H](O)C21F. The van der Waals surface area contributed by atoms with Crippen molar-refractivity contribution in [2.45, 2.75) is 89.5 Å². The van der Waals surface area contributed by atoms with E-state index in [-0.39, 0.29) is 31.0 Å². The lowest BCUT2D eigenvalue weighted by Crippen LogP contribution is -2.70. The van der Waals surface area contributed by atoms with Crippen LogP contribution in [0.2, 0.25) is 0 Å². The molecule has 5 nitrogen and oxygen atoms in total. The molecule has 0 amide bonds. The summed E-state index contributed by atoms with van der Waals surface area (Å²) in [7, 11) is 0. The molecule has 3 aliphatic rings. The van der Waals surface area contributed by atoms with E-state index in [9.17, 15) is 24.9 Å². The first kappa shape index (κ1) is 20.9. The van der Waals surface area contributed by atoms with E-state index in [0.29, 0.717) is 25.7 Å². The lowest BCUT2D eigenvalue weighted by atomic mass is 9.45. The Morgan fingerprint density at radius 2 is 1.93 bits per heavy atom. The van der Waals surface area contributed by atoms with Crippen LogP contribution in [0.4, 0.5) is 4.39 Å². The maximum Gasteiger partial charge on any atom is 0.190 e. The molecule has 1 unspecified atom stereocenters. The van der Waals surface area contributed by atoms with Crippen LogP contribution in [-0.2, 0) is 9.59 Å². The van der Waals surface area contributed by atoms with E-state index in [4.69, 9.17) is 0 Å². The number of halogens is 1. The molecule has 0 aromatic carbocycles. The molecule has 3 rings (SSSR count). The third-order valence-electron chi connectivity index (χ3n) is 8.49. The van der Waals surface area contributed by atoms with Crippen molar-refractivity contribution in [2.75, 3.05) is 6.61 Å². The zero-order valence-electron chi connectivity index (χ0n) is 16.6. The average Bonchev–Trinajstić information content (AvgIpc) is 2.89. The zero-order valence-corrected chi connectivity index (χ0v) is 16.6. The topological polar surface area (TPSA) is 94.8 Å². The first-order valence-electron chi connectivity index (χ1n) is 10.3. The summed E-state index contributed by atoms with van der Waals surface area (Å²) in [4.78, 5) is 25.1. The third-order valence-corrected chi connectivity index (χ3v) is 8.49. The van der Waals surface area contributed by atoms with Crippen LogP contribution in [0.3, 0.4) is 0 Å². The second-order valence-corrected chi connectivity index (χ2v) is 9.50. The first-order chi connectivity index (χ1) is 12.5. The number of ketones is 2. The molecule has 3 fully saturated rings. The van der Waals surface area contributed by atoms with Gasteiger partial charge >= 0.3 is 0 Å². The second-order valence-electron chi connectivity index (χ2n) is 9.50. The molecule has 0 heterocycles. The molecule has 3 aliphatic carbocycles. The molecule has 6 heteroatoms. The number of aliphatic hydroxyl groups excluding tert-OH is 2. The molecule has 0 aliphatic heterocycles. The highest BCUT2D eigenvalue weighted by Crippen LogP contribution is 2.68. The lowest BCUT2D eigenvalue weighted by Gasteiger charge is -2.61. The summed E-state index contributed by atoms with van der Waals surface area (Å²) in [6.07, 6.45) is 1.66. The van der Waals surface area contributed by atoms with Crippen LogP contribution in [-0.4, -0.2) is 50.9 Å². The molecule has 154 valence electrons. The molecule has 0 saturated heterocycles. The fourth-order valence-corrected chi connectivity index (χ4v) is 6.75. The number of hydrogen-bond donors (Lipinski definition) is 3. The van der Waals surface area contributed by atoms with Crippen molar-refractivity contribution >= 4 is 11.6 Å². The average molecular weight is 384 g/mol. The predicted molar refractivity (Wildman–Crippen MR) is 97.7 cm³/mol. The van der Waals surface area contributed by atoms with Gasteiger partial charge in [0.05, 0.1) is 11.5 Å². The van der Waals surface area contributed by atoms with Crippen LogP contribution in [0.5, 0.6) is 0 Å². The van der Waals surface area contributed by atoms with Crippen molar-refractivity contribution in [3.05, 3.63) is 0 Å². The number of rotatable bonds is 5. The summed E-state index contributed by atoms with van der Waals surface area (Å²) < 4.78 is 16.7. The fourth-order valence-electron chi connectivity index (χ4n) is 6.75. The Bertz CT molecular complexity index is 638. The smallest absolute Gasteiger partial charge is 0.190 e. The van der Waals surface area contributed by atoms with Gasteiger partial charge in [-0.15, -0.1) is 0 Å². The number of fused-ring (bicyclic) bond motifs is 3. The van der Waals surface area contributed by atoms with Crippen LogP contribution in [0, 0.1) is 22.7 Å². The summed E-state index contributed by atoms with van der Waals surface area (Å²) in [6, 6.07) is 0. The standard InChI is InChI=1S/C21H33FO5/c1-4-5-9-18(2)15(24)7-6-14-13-8-10-20(27,17(26)12-23)19(13,3)11-16(25)21(14,18)22/h13-14,16,23,25,27H,4-12H2,1-3H3/t13-,14-,16-,18-,19-,20-,21?/m0/s1. The Balaban J connectivity index is 2.06. The number of Topliss-reactive ketones (excluding diaryl/α,β-unsaturated/α-hetero) is 2. The van der Waals surface area contributed by atoms with E-state index in [1.807, 2.05) is 6.92 Å². The van der Waals surface area contributed by atoms with Crippen molar-refractivity contribution in [3.63, 3.8) is 0 Å². The summed E-state index contributed by atoms with van der Waals surface area (Å²) in [5.41, 5.74) is -6.04. The van der Waals surface area contributed by atoms with Crippen LogP contribution >= 0.6 is 0 Å². The Morgan fingerprint density at radius 1 is 1.26 bits per heavy atom. The number of unbranched alkanes of at least 4 members (excludes halogenated alkanes) is 1. The van der Waals surface area contributed by atoms with E-state index in [0.717, 1.165) is 6.42 Å².